The molecule has 4 aromatic rings. The van der Waals surface area contributed by atoms with Crippen molar-refractivity contribution in [3.63, 3.8) is 0 Å². The zero-order valence-electron chi connectivity index (χ0n) is 29.7. The van der Waals surface area contributed by atoms with Crippen LogP contribution in [0.2, 0.25) is 0 Å². The fourth-order valence-corrected chi connectivity index (χ4v) is 6.32. The molecule has 1 aliphatic rings. The third-order valence-electron chi connectivity index (χ3n) is 9.45. The van der Waals surface area contributed by atoms with Crippen LogP contribution >= 0.6 is 0 Å². The first kappa shape index (κ1) is 36.7. The highest BCUT2D eigenvalue weighted by atomic mass is 16.5. The molecule has 0 atom stereocenters. The van der Waals surface area contributed by atoms with Crippen molar-refractivity contribution in [2.45, 2.75) is 90.9 Å². The molecule has 0 radical (unpaired) electrons. The zero-order chi connectivity index (χ0) is 35.0. The molecule has 1 fully saturated rings. The molecular formula is C44H52O6. The number of ether oxygens (including phenoxy) is 4. The van der Waals surface area contributed by atoms with Gasteiger partial charge >= 0.3 is 11.9 Å². The molecule has 1 aliphatic carbocycles. The maximum absolute atomic E-state index is 13.0. The second-order valence-corrected chi connectivity index (χ2v) is 13.3. The van der Waals surface area contributed by atoms with Gasteiger partial charge in [-0.1, -0.05) is 101 Å². The van der Waals surface area contributed by atoms with Crippen molar-refractivity contribution >= 4 is 11.9 Å². The number of benzene rings is 4. The molecule has 0 unspecified atom stereocenters. The van der Waals surface area contributed by atoms with Crippen LogP contribution in [0.25, 0.3) is 22.3 Å². The van der Waals surface area contributed by atoms with Gasteiger partial charge in [0, 0.05) is 0 Å². The van der Waals surface area contributed by atoms with E-state index in [2.05, 4.69) is 13.8 Å². The summed E-state index contributed by atoms with van der Waals surface area (Å²) < 4.78 is 23.2. The van der Waals surface area contributed by atoms with Gasteiger partial charge in [-0.2, -0.15) is 0 Å². The average molecular weight is 677 g/mol. The lowest BCUT2D eigenvalue weighted by atomic mass is 9.82. The number of carbonyl (C=O) groups excluding carboxylic acids is 2. The first-order valence-corrected chi connectivity index (χ1v) is 18.6. The number of hydrogen-bond donors (Lipinski definition) is 0. The summed E-state index contributed by atoms with van der Waals surface area (Å²) in [5, 5.41) is 0. The molecule has 6 heteroatoms. The quantitative estimate of drug-likeness (QED) is 0.0593. The Labute approximate surface area is 298 Å². The summed E-state index contributed by atoms with van der Waals surface area (Å²) in [4.78, 5) is 25.9. The van der Waals surface area contributed by atoms with Crippen molar-refractivity contribution in [2.75, 3.05) is 13.2 Å². The summed E-state index contributed by atoms with van der Waals surface area (Å²) in [6.07, 6.45) is 11.9. The van der Waals surface area contributed by atoms with E-state index in [0.29, 0.717) is 37.2 Å². The van der Waals surface area contributed by atoms with Gasteiger partial charge in [-0.05, 0) is 109 Å². The molecule has 1 saturated carbocycles. The highest BCUT2D eigenvalue weighted by Crippen LogP contribution is 2.33. The molecule has 0 N–H and O–H groups in total. The maximum atomic E-state index is 13.0. The van der Waals surface area contributed by atoms with Crippen LogP contribution in [0.3, 0.4) is 0 Å². The minimum atomic E-state index is -0.243. The van der Waals surface area contributed by atoms with Crippen LogP contribution in [0.4, 0.5) is 0 Å². The van der Waals surface area contributed by atoms with Crippen molar-refractivity contribution in [1.29, 1.82) is 0 Å². The Bertz CT molecular complexity index is 1460. The van der Waals surface area contributed by atoms with Crippen molar-refractivity contribution in [2.24, 2.45) is 11.8 Å². The summed E-state index contributed by atoms with van der Waals surface area (Å²) in [5.74, 6) is 1.86. The topological polar surface area (TPSA) is 71.1 Å². The first-order chi connectivity index (χ1) is 24.5. The predicted octanol–water partition coefficient (Wildman–Crippen LogP) is 11.3. The molecule has 0 bridgehead atoms. The van der Waals surface area contributed by atoms with E-state index in [-0.39, 0.29) is 23.8 Å². The van der Waals surface area contributed by atoms with Crippen LogP contribution in [-0.2, 0) is 9.59 Å². The van der Waals surface area contributed by atoms with Crippen LogP contribution in [0.1, 0.15) is 90.9 Å². The van der Waals surface area contributed by atoms with Gasteiger partial charge in [-0.25, -0.2) is 0 Å². The standard InChI is InChI=1S/C44H52O6/c1-3-5-7-9-31-47-39-23-15-33(16-24-39)35-19-27-41(28-20-35)49-43(45)37-11-13-38(14-12-37)44(46)50-42-29-21-36(22-30-42)34-17-25-40(26-18-34)48-32-10-8-6-4-2/h15-30,37-38H,3-14,31-32H2,1-2H3/t37-,38-. The Balaban J connectivity index is 1.02. The van der Waals surface area contributed by atoms with E-state index >= 15 is 0 Å². The van der Waals surface area contributed by atoms with Crippen molar-refractivity contribution in [3.05, 3.63) is 97.1 Å². The van der Waals surface area contributed by atoms with Gasteiger partial charge in [0.2, 0.25) is 0 Å². The van der Waals surface area contributed by atoms with E-state index in [9.17, 15) is 9.59 Å². The van der Waals surface area contributed by atoms with Crippen LogP contribution in [0.5, 0.6) is 23.0 Å². The largest absolute Gasteiger partial charge is 0.494 e. The van der Waals surface area contributed by atoms with E-state index in [4.69, 9.17) is 18.9 Å². The first-order valence-electron chi connectivity index (χ1n) is 18.6. The van der Waals surface area contributed by atoms with E-state index in [1.165, 1.54) is 38.5 Å². The van der Waals surface area contributed by atoms with Crippen molar-refractivity contribution in [1.82, 2.24) is 0 Å². The SMILES string of the molecule is CCCCCCOc1ccc(-c2ccc(OC(=O)[C@H]3CC[C@H](C(=O)Oc4ccc(-c5ccc(OCCCCCC)cc5)cc4)CC3)cc2)cc1. The van der Waals surface area contributed by atoms with Gasteiger partial charge in [0.05, 0.1) is 25.0 Å². The fraction of sp³-hybridized carbons (Fsp3) is 0.409. The monoisotopic (exact) mass is 676 g/mol. The Morgan fingerprint density at radius 1 is 0.440 bits per heavy atom. The van der Waals surface area contributed by atoms with E-state index in [1.54, 1.807) is 0 Å². The molecule has 0 heterocycles. The van der Waals surface area contributed by atoms with Crippen molar-refractivity contribution < 1.29 is 28.5 Å². The minimum Gasteiger partial charge on any atom is -0.494 e. The number of rotatable bonds is 18. The van der Waals surface area contributed by atoms with Crippen LogP contribution in [0, 0.1) is 11.8 Å². The highest BCUT2D eigenvalue weighted by molar-refractivity contribution is 5.78. The fourth-order valence-electron chi connectivity index (χ4n) is 6.32. The lowest BCUT2D eigenvalue weighted by Gasteiger charge is -2.25. The molecule has 0 amide bonds. The summed E-state index contributed by atoms with van der Waals surface area (Å²) >= 11 is 0. The molecule has 4 aromatic carbocycles. The third kappa shape index (κ3) is 11.2. The number of unbranched alkanes of at least 4 members (excludes halogenated alkanes) is 6. The molecular weight excluding hydrogens is 624 g/mol. The van der Waals surface area contributed by atoms with Gasteiger partial charge < -0.3 is 18.9 Å². The molecule has 5 rings (SSSR count). The lowest BCUT2D eigenvalue weighted by molar-refractivity contribution is -0.145. The molecule has 0 saturated heterocycles. The third-order valence-corrected chi connectivity index (χ3v) is 9.45. The summed E-state index contributed by atoms with van der Waals surface area (Å²) in [6.45, 7) is 5.90. The normalized spacial score (nSPS) is 15.6. The molecule has 0 aliphatic heterocycles. The Morgan fingerprint density at radius 2 is 0.740 bits per heavy atom. The minimum absolute atomic E-state index is 0.231. The summed E-state index contributed by atoms with van der Waals surface area (Å²) in [6, 6.07) is 31.4. The molecule has 6 nitrogen and oxygen atoms in total. The molecule has 0 spiro atoms. The van der Waals surface area contributed by atoms with E-state index in [0.717, 1.165) is 59.8 Å². The maximum Gasteiger partial charge on any atom is 0.314 e. The highest BCUT2D eigenvalue weighted by Gasteiger charge is 2.32. The molecule has 50 heavy (non-hydrogen) atoms. The number of hydrogen-bond acceptors (Lipinski definition) is 6. The number of carbonyl (C=O) groups is 2. The van der Waals surface area contributed by atoms with Crippen LogP contribution in [-0.4, -0.2) is 25.2 Å². The molecule has 264 valence electrons. The second-order valence-electron chi connectivity index (χ2n) is 13.3. The Hall–Kier alpha value is -4.58. The zero-order valence-corrected chi connectivity index (χ0v) is 29.7. The van der Waals surface area contributed by atoms with Crippen molar-refractivity contribution in [3.8, 4) is 45.3 Å². The van der Waals surface area contributed by atoms with E-state index in [1.807, 2.05) is 97.1 Å². The lowest BCUT2D eigenvalue weighted by Crippen LogP contribution is -2.30. The van der Waals surface area contributed by atoms with Gasteiger partial charge in [0.15, 0.2) is 0 Å². The predicted molar refractivity (Wildman–Crippen MR) is 200 cm³/mol. The number of esters is 2. The Morgan fingerprint density at radius 3 is 1.04 bits per heavy atom. The van der Waals surface area contributed by atoms with Crippen LogP contribution < -0.4 is 18.9 Å². The summed E-state index contributed by atoms with van der Waals surface area (Å²) in [7, 11) is 0. The van der Waals surface area contributed by atoms with Gasteiger partial charge in [-0.15, -0.1) is 0 Å². The van der Waals surface area contributed by atoms with Gasteiger partial charge in [0.25, 0.3) is 0 Å². The van der Waals surface area contributed by atoms with Gasteiger partial charge in [0.1, 0.15) is 23.0 Å². The smallest absolute Gasteiger partial charge is 0.314 e. The van der Waals surface area contributed by atoms with Gasteiger partial charge in [-0.3, -0.25) is 9.59 Å². The Kier molecular flexibility index (Phi) is 14.4. The second kappa shape index (κ2) is 19.6. The molecule has 0 aromatic heterocycles. The van der Waals surface area contributed by atoms with E-state index < -0.39 is 0 Å². The van der Waals surface area contributed by atoms with Crippen LogP contribution in [0.15, 0.2) is 97.1 Å². The average Bonchev–Trinajstić information content (AvgIpc) is 3.16. The summed E-state index contributed by atoms with van der Waals surface area (Å²) in [5.41, 5.74) is 4.23.